The number of nitrogens with zero attached hydrogens (tertiary/aromatic N) is 2. The van der Waals surface area contributed by atoms with Gasteiger partial charge in [-0.05, 0) is 44.1 Å². The summed E-state index contributed by atoms with van der Waals surface area (Å²) in [4.78, 5) is 7.07. The van der Waals surface area contributed by atoms with E-state index in [1.165, 1.54) is 37.7 Å². The number of piperidine rings is 3. The molecule has 2 aromatic rings. The van der Waals surface area contributed by atoms with E-state index in [2.05, 4.69) is 16.0 Å². The Labute approximate surface area is 134 Å². The van der Waals surface area contributed by atoms with Gasteiger partial charge in [-0.3, -0.25) is 4.90 Å². The van der Waals surface area contributed by atoms with Crippen LogP contribution in [0.4, 0.5) is 0 Å². The zero-order valence-corrected chi connectivity index (χ0v) is 12.9. The van der Waals surface area contributed by atoms with Crippen LogP contribution in [-0.4, -0.2) is 41.3 Å². The van der Waals surface area contributed by atoms with Crippen LogP contribution in [0.2, 0.25) is 0 Å². The fourth-order valence-corrected chi connectivity index (χ4v) is 4.43. The lowest BCUT2D eigenvalue weighted by Gasteiger charge is -2.50. The van der Waals surface area contributed by atoms with Gasteiger partial charge in [0.05, 0.1) is 6.21 Å². The molecule has 0 amide bonds. The van der Waals surface area contributed by atoms with Gasteiger partial charge < -0.3 is 14.6 Å². The summed E-state index contributed by atoms with van der Waals surface area (Å²) < 4.78 is 12.0. The minimum atomic E-state index is -0.0618. The Bertz CT molecular complexity index is 776. The fourth-order valence-electron chi connectivity index (χ4n) is 4.43. The van der Waals surface area contributed by atoms with Crippen molar-refractivity contribution in [1.82, 2.24) is 9.88 Å². The van der Waals surface area contributed by atoms with Crippen LogP contribution < -0.4 is 4.74 Å². The molecule has 4 aliphatic heterocycles. The summed E-state index contributed by atoms with van der Waals surface area (Å²) in [6.07, 6.45) is 6.45. The van der Waals surface area contributed by atoms with Crippen molar-refractivity contribution in [2.45, 2.75) is 24.9 Å². The lowest BCUT2D eigenvalue weighted by molar-refractivity contribution is -0.0814. The molecule has 3 fully saturated rings. The number of aromatic nitrogens is 1. The van der Waals surface area contributed by atoms with Crippen LogP contribution in [0, 0.1) is 11.3 Å². The summed E-state index contributed by atoms with van der Waals surface area (Å²) in [6, 6.07) is 5.84. The molecule has 1 atom stereocenters. The van der Waals surface area contributed by atoms with Crippen molar-refractivity contribution in [2.24, 2.45) is 5.92 Å². The van der Waals surface area contributed by atoms with E-state index in [0.717, 1.165) is 30.2 Å². The Morgan fingerprint density at radius 3 is 2.87 bits per heavy atom. The van der Waals surface area contributed by atoms with Crippen molar-refractivity contribution in [1.29, 1.82) is 5.41 Å². The first-order chi connectivity index (χ1) is 11.3. The summed E-state index contributed by atoms with van der Waals surface area (Å²) in [7, 11) is 0. The predicted octanol–water partition coefficient (Wildman–Crippen LogP) is 2.74. The number of furan rings is 1. The number of fused-ring (bicyclic) bond motifs is 3. The highest BCUT2D eigenvalue weighted by atomic mass is 16.5. The Morgan fingerprint density at radius 1 is 1.30 bits per heavy atom. The maximum Gasteiger partial charge on any atom is 0.217 e. The highest BCUT2D eigenvalue weighted by Crippen LogP contribution is 2.46. The van der Waals surface area contributed by atoms with Crippen LogP contribution >= 0.6 is 0 Å². The van der Waals surface area contributed by atoms with Crippen molar-refractivity contribution < 1.29 is 9.15 Å². The molecule has 5 nitrogen and oxygen atoms in total. The number of hydrogen-bond donors (Lipinski definition) is 1. The summed E-state index contributed by atoms with van der Waals surface area (Å²) in [5.74, 6) is 2.76. The molecular formula is C18H19N3O2. The zero-order valence-electron chi connectivity index (χ0n) is 12.9. The van der Waals surface area contributed by atoms with Gasteiger partial charge in [0.15, 0.2) is 0 Å². The SMILES string of the molecule is N=Cc1ccc(-c2cnc3c(c2)C[C@@]2(CN4CCC2CC4)O3)o1. The van der Waals surface area contributed by atoms with Crippen molar-refractivity contribution >= 4 is 6.21 Å². The molecule has 6 rings (SSSR count). The second-order valence-electron chi connectivity index (χ2n) is 6.93. The highest BCUT2D eigenvalue weighted by molar-refractivity contribution is 5.74. The molecule has 2 bridgehead atoms. The van der Waals surface area contributed by atoms with Crippen molar-refractivity contribution in [3.8, 4) is 17.2 Å². The van der Waals surface area contributed by atoms with E-state index in [4.69, 9.17) is 14.6 Å². The second-order valence-corrected chi connectivity index (χ2v) is 6.93. The van der Waals surface area contributed by atoms with E-state index >= 15 is 0 Å². The van der Waals surface area contributed by atoms with E-state index in [-0.39, 0.29) is 5.60 Å². The van der Waals surface area contributed by atoms with Crippen LogP contribution in [-0.2, 0) is 6.42 Å². The first kappa shape index (κ1) is 13.3. The van der Waals surface area contributed by atoms with Crippen molar-refractivity contribution in [3.05, 3.63) is 35.7 Å². The van der Waals surface area contributed by atoms with Gasteiger partial charge in [0.2, 0.25) is 5.88 Å². The number of rotatable bonds is 2. The maximum atomic E-state index is 7.26. The lowest BCUT2D eigenvalue weighted by atomic mass is 9.73. The zero-order chi connectivity index (χ0) is 15.4. The Balaban J connectivity index is 1.48. The topological polar surface area (TPSA) is 62.4 Å². The van der Waals surface area contributed by atoms with Crippen molar-refractivity contribution in [2.75, 3.05) is 19.6 Å². The van der Waals surface area contributed by atoms with Gasteiger partial charge in [-0.1, -0.05) is 0 Å². The largest absolute Gasteiger partial charge is 0.469 e. The van der Waals surface area contributed by atoms with Gasteiger partial charge in [-0.25, -0.2) is 4.98 Å². The molecule has 0 saturated carbocycles. The van der Waals surface area contributed by atoms with E-state index in [9.17, 15) is 0 Å². The maximum absolute atomic E-state index is 7.26. The van der Waals surface area contributed by atoms with Gasteiger partial charge in [0.1, 0.15) is 17.1 Å². The average Bonchev–Trinajstić information content (AvgIpc) is 3.19. The highest BCUT2D eigenvalue weighted by Gasteiger charge is 2.52. The molecule has 3 saturated heterocycles. The number of nitrogens with one attached hydrogen (secondary N) is 1. The third kappa shape index (κ3) is 1.96. The van der Waals surface area contributed by atoms with E-state index in [1.807, 2.05) is 12.3 Å². The Morgan fingerprint density at radius 2 is 2.17 bits per heavy atom. The monoisotopic (exact) mass is 309 g/mol. The predicted molar refractivity (Wildman–Crippen MR) is 86.1 cm³/mol. The van der Waals surface area contributed by atoms with Gasteiger partial charge >= 0.3 is 0 Å². The lowest BCUT2D eigenvalue weighted by Crippen LogP contribution is -2.61. The summed E-state index contributed by atoms with van der Waals surface area (Å²) in [5.41, 5.74) is 2.08. The summed E-state index contributed by atoms with van der Waals surface area (Å²) in [6.45, 7) is 3.45. The molecular weight excluding hydrogens is 290 g/mol. The Hall–Kier alpha value is -2.14. The molecule has 4 aliphatic rings. The molecule has 0 radical (unpaired) electrons. The van der Waals surface area contributed by atoms with Crippen LogP contribution in [0.15, 0.2) is 28.8 Å². The van der Waals surface area contributed by atoms with Gasteiger partial charge in [-0.2, -0.15) is 0 Å². The molecule has 0 unspecified atom stereocenters. The van der Waals surface area contributed by atoms with Crippen LogP contribution in [0.1, 0.15) is 24.2 Å². The minimum Gasteiger partial charge on any atom is -0.469 e. The molecule has 5 heteroatoms. The van der Waals surface area contributed by atoms with Gasteiger partial charge in [0.25, 0.3) is 0 Å². The molecule has 0 aliphatic carbocycles. The molecule has 1 spiro atoms. The average molecular weight is 309 g/mol. The van der Waals surface area contributed by atoms with Crippen LogP contribution in [0.5, 0.6) is 5.88 Å². The molecule has 2 aromatic heterocycles. The molecule has 23 heavy (non-hydrogen) atoms. The first-order valence-electron chi connectivity index (χ1n) is 8.27. The molecule has 0 aromatic carbocycles. The number of ether oxygens (including phenoxy) is 1. The first-order valence-corrected chi connectivity index (χ1v) is 8.27. The third-order valence-electron chi connectivity index (χ3n) is 5.59. The molecule has 6 heterocycles. The van der Waals surface area contributed by atoms with Crippen LogP contribution in [0.25, 0.3) is 11.3 Å². The quantitative estimate of drug-likeness (QED) is 0.867. The van der Waals surface area contributed by atoms with Gasteiger partial charge in [0, 0.05) is 36.2 Å². The Kier molecular flexibility index (Phi) is 2.71. The summed E-state index contributed by atoms with van der Waals surface area (Å²) in [5, 5.41) is 7.26. The normalized spacial score (nSPS) is 31.1. The third-order valence-corrected chi connectivity index (χ3v) is 5.59. The molecule has 1 N–H and O–H groups in total. The smallest absolute Gasteiger partial charge is 0.217 e. The second kappa shape index (κ2) is 4.68. The van der Waals surface area contributed by atoms with Crippen molar-refractivity contribution in [3.63, 3.8) is 0 Å². The van der Waals surface area contributed by atoms with E-state index in [0.29, 0.717) is 11.7 Å². The standard InChI is InChI=1S/C18H19N3O2/c19-9-15-1-2-16(22-15)13-7-12-8-18(23-17(12)20-10-13)11-21-5-3-14(18)4-6-21/h1-2,7,9-10,14,19H,3-6,8,11H2/t18-/m0/s1. The minimum absolute atomic E-state index is 0.0618. The summed E-state index contributed by atoms with van der Waals surface area (Å²) >= 11 is 0. The van der Waals surface area contributed by atoms with E-state index in [1.54, 1.807) is 6.07 Å². The molecule has 118 valence electrons. The van der Waals surface area contributed by atoms with Gasteiger partial charge in [-0.15, -0.1) is 0 Å². The number of pyridine rings is 1. The number of hydrogen-bond acceptors (Lipinski definition) is 5. The van der Waals surface area contributed by atoms with Crippen LogP contribution in [0.3, 0.4) is 0 Å². The fraction of sp³-hybridized carbons (Fsp3) is 0.444. The van der Waals surface area contributed by atoms with E-state index < -0.39 is 0 Å².